The van der Waals surface area contributed by atoms with Crippen molar-refractivity contribution in [2.75, 3.05) is 0 Å². The molecule has 0 atom stereocenters. The van der Waals surface area contributed by atoms with Crippen molar-refractivity contribution in [3.63, 3.8) is 0 Å². The van der Waals surface area contributed by atoms with E-state index in [1.807, 2.05) is 5.32 Å². The summed E-state index contributed by atoms with van der Waals surface area (Å²) in [5.41, 5.74) is -4.61. The van der Waals surface area contributed by atoms with Gasteiger partial charge in [-0.3, -0.25) is 4.79 Å². The van der Waals surface area contributed by atoms with Gasteiger partial charge < -0.3 is 5.32 Å². The summed E-state index contributed by atoms with van der Waals surface area (Å²) in [6, 6.07) is 0.928. The number of nitrogens with one attached hydrogen (secondary N) is 1. The second kappa shape index (κ2) is 5.34. The third kappa shape index (κ3) is 3.64. The van der Waals surface area contributed by atoms with Gasteiger partial charge in [-0.05, 0) is 26.0 Å². The average molecular weight is 299 g/mol. The molecule has 0 fully saturated rings. The maximum atomic E-state index is 12.8. The molecule has 1 aromatic carbocycles. The topological polar surface area (TPSA) is 29.1 Å². The zero-order valence-corrected chi connectivity index (χ0v) is 10.5. The van der Waals surface area contributed by atoms with E-state index in [4.69, 9.17) is 0 Å². The monoisotopic (exact) mass is 299 g/mol. The predicted molar refractivity (Wildman–Crippen MR) is 59.0 cm³/mol. The summed E-state index contributed by atoms with van der Waals surface area (Å²) < 4.78 is 76.6. The summed E-state index contributed by atoms with van der Waals surface area (Å²) in [7, 11) is 0. The van der Waals surface area contributed by atoms with Gasteiger partial charge in [-0.2, -0.15) is 26.3 Å². The molecule has 0 heterocycles. The fourth-order valence-electron chi connectivity index (χ4n) is 1.60. The molecule has 0 saturated carbocycles. The van der Waals surface area contributed by atoms with Crippen LogP contribution < -0.4 is 5.32 Å². The van der Waals surface area contributed by atoms with E-state index < -0.39 is 41.0 Å². The van der Waals surface area contributed by atoms with Gasteiger partial charge in [0, 0.05) is 6.04 Å². The van der Waals surface area contributed by atoms with Crippen LogP contribution in [0.4, 0.5) is 26.3 Å². The lowest BCUT2D eigenvalue weighted by atomic mass is 9.99. The van der Waals surface area contributed by atoms with Gasteiger partial charge in [-0.25, -0.2) is 0 Å². The predicted octanol–water partition coefficient (Wildman–Crippen LogP) is 3.86. The molecule has 112 valence electrons. The molecule has 0 aliphatic carbocycles. The molecule has 0 radical (unpaired) electrons. The zero-order chi connectivity index (χ0) is 15.7. The number of carbonyl (C=O) groups is 1. The van der Waals surface area contributed by atoms with E-state index in [9.17, 15) is 31.1 Å². The first kappa shape index (κ1) is 16.3. The SMILES string of the molecule is CC(C)NC(=O)c1c(C(F)(F)F)cccc1C(F)(F)F. The van der Waals surface area contributed by atoms with E-state index in [2.05, 4.69) is 0 Å². The van der Waals surface area contributed by atoms with Crippen LogP contribution in [0, 0.1) is 0 Å². The molecule has 2 nitrogen and oxygen atoms in total. The number of rotatable bonds is 2. The standard InChI is InChI=1S/C12H11F6NO/c1-6(2)19-10(20)9-7(11(13,14)15)4-3-5-8(9)12(16,17)18/h3-6H,1-2H3,(H,19,20). The third-order valence-corrected chi connectivity index (χ3v) is 2.32. The van der Waals surface area contributed by atoms with Crippen molar-refractivity contribution >= 4 is 5.91 Å². The third-order valence-electron chi connectivity index (χ3n) is 2.32. The minimum Gasteiger partial charge on any atom is -0.350 e. The highest BCUT2D eigenvalue weighted by Crippen LogP contribution is 2.39. The second-order valence-electron chi connectivity index (χ2n) is 4.35. The first-order valence-corrected chi connectivity index (χ1v) is 5.53. The van der Waals surface area contributed by atoms with Gasteiger partial charge in [0.05, 0.1) is 16.7 Å². The molecule has 0 unspecified atom stereocenters. The summed E-state index contributed by atoms with van der Waals surface area (Å²) in [4.78, 5) is 11.7. The molecule has 0 aromatic heterocycles. The maximum Gasteiger partial charge on any atom is 0.417 e. The molecule has 0 aliphatic heterocycles. The quantitative estimate of drug-likeness (QED) is 0.825. The Morgan fingerprint density at radius 1 is 1.00 bits per heavy atom. The molecule has 1 aromatic rings. The number of halogens is 6. The van der Waals surface area contributed by atoms with E-state index in [1.165, 1.54) is 13.8 Å². The van der Waals surface area contributed by atoms with Crippen LogP contribution in [0.15, 0.2) is 18.2 Å². The molecule has 0 saturated heterocycles. The molecular formula is C12H11F6NO. The van der Waals surface area contributed by atoms with Gasteiger partial charge in [-0.15, -0.1) is 0 Å². The Morgan fingerprint density at radius 2 is 1.40 bits per heavy atom. The Kier molecular flexibility index (Phi) is 4.36. The van der Waals surface area contributed by atoms with Crippen LogP contribution in [0.5, 0.6) is 0 Å². The van der Waals surface area contributed by atoms with Crippen LogP contribution in [-0.4, -0.2) is 11.9 Å². The van der Waals surface area contributed by atoms with Crippen molar-refractivity contribution in [1.29, 1.82) is 0 Å². The van der Waals surface area contributed by atoms with Crippen molar-refractivity contribution < 1.29 is 31.1 Å². The van der Waals surface area contributed by atoms with E-state index in [1.54, 1.807) is 0 Å². The summed E-state index contributed by atoms with van der Waals surface area (Å²) in [5.74, 6) is -1.40. The lowest BCUT2D eigenvalue weighted by Gasteiger charge is -2.19. The van der Waals surface area contributed by atoms with Crippen molar-refractivity contribution in [2.24, 2.45) is 0 Å². The zero-order valence-electron chi connectivity index (χ0n) is 10.5. The summed E-state index contributed by atoms with van der Waals surface area (Å²) in [6.45, 7) is 2.86. The maximum absolute atomic E-state index is 12.8. The molecule has 1 rings (SSSR count). The van der Waals surface area contributed by atoms with Crippen LogP contribution in [-0.2, 0) is 12.4 Å². The van der Waals surface area contributed by atoms with Gasteiger partial charge in [-0.1, -0.05) is 6.07 Å². The first-order valence-electron chi connectivity index (χ1n) is 5.53. The summed E-state index contributed by atoms with van der Waals surface area (Å²) in [5, 5.41) is 2.05. The minimum absolute atomic E-state index is 0.449. The number of hydrogen-bond donors (Lipinski definition) is 1. The molecule has 20 heavy (non-hydrogen) atoms. The van der Waals surface area contributed by atoms with Crippen LogP contribution in [0.3, 0.4) is 0 Å². The van der Waals surface area contributed by atoms with Crippen LogP contribution in [0.2, 0.25) is 0 Å². The number of amides is 1. The molecule has 1 N–H and O–H groups in total. The highest BCUT2D eigenvalue weighted by Gasteiger charge is 2.42. The van der Waals surface area contributed by atoms with Crippen LogP contribution >= 0.6 is 0 Å². The van der Waals surface area contributed by atoms with Crippen molar-refractivity contribution in [1.82, 2.24) is 5.32 Å². The largest absolute Gasteiger partial charge is 0.417 e. The molecule has 0 bridgehead atoms. The second-order valence-corrected chi connectivity index (χ2v) is 4.35. The van der Waals surface area contributed by atoms with Crippen molar-refractivity contribution in [3.05, 3.63) is 34.9 Å². The smallest absolute Gasteiger partial charge is 0.350 e. The average Bonchev–Trinajstić information content (AvgIpc) is 2.24. The van der Waals surface area contributed by atoms with Crippen LogP contribution in [0.1, 0.15) is 35.3 Å². The molecule has 1 amide bonds. The van der Waals surface area contributed by atoms with Gasteiger partial charge in [0.25, 0.3) is 5.91 Å². The Hall–Kier alpha value is -1.73. The number of alkyl halides is 6. The van der Waals surface area contributed by atoms with Gasteiger partial charge >= 0.3 is 12.4 Å². The lowest BCUT2D eigenvalue weighted by Crippen LogP contribution is -2.33. The number of benzene rings is 1. The van der Waals surface area contributed by atoms with Gasteiger partial charge in [0.1, 0.15) is 0 Å². The fourth-order valence-corrected chi connectivity index (χ4v) is 1.60. The minimum atomic E-state index is -5.05. The van der Waals surface area contributed by atoms with Gasteiger partial charge in [0.15, 0.2) is 0 Å². The van der Waals surface area contributed by atoms with E-state index in [0.29, 0.717) is 18.2 Å². The van der Waals surface area contributed by atoms with Gasteiger partial charge in [0.2, 0.25) is 0 Å². The summed E-state index contributed by atoms with van der Waals surface area (Å²) >= 11 is 0. The van der Waals surface area contributed by atoms with E-state index in [-0.39, 0.29) is 0 Å². The fraction of sp³-hybridized carbons (Fsp3) is 0.417. The number of hydrogen-bond acceptors (Lipinski definition) is 1. The van der Waals surface area contributed by atoms with Crippen LogP contribution in [0.25, 0.3) is 0 Å². The summed E-state index contributed by atoms with van der Waals surface area (Å²) in [6.07, 6.45) is -10.1. The highest BCUT2D eigenvalue weighted by atomic mass is 19.4. The van der Waals surface area contributed by atoms with E-state index >= 15 is 0 Å². The normalized spacial score (nSPS) is 12.7. The molecule has 8 heteroatoms. The molecule has 0 spiro atoms. The Bertz CT molecular complexity index is 471. The Balaban J connectivity index is 3.53. The molecule has 0 aliphatic rings. The first-order chi connectivity index (χ1) is 8.94. The van der Waals surface area contributed by atoms with Crippen molar-refractivity contribution in [2.45, 2.75) is 32.2 Å². The number of carbonyl (C=O) groups excluding carboxylic acids is 1. The molecular weight excluding hydrogens is 288 g/mol. The van der Waals surface area contributed by atoms with Crippen molar-refractivity contribution in [3.8, 4) is 0 Å². The Morgan fingerprint density at radius 3 is 1.70 bits per heavy atom. The lowest BCUT2D eigenvalue weighted by molar-refractivity contribution is -0.143. The Labute approximate surface area is 110 Å². The highest BCUT2D eigenvalue weighted by molar-refractivity contribution is 5.97. The van der Waals surface area contributed by atoms with E-state index in [0.717, 1.165) is 0 Å².